The standard InChI is InChI=1S/C20H25FN4O2/c1-2-25-10-7-17-19(23-14-22-17)20(25)8-11-24(12-9-20)18(26)13-27-16-5-3-15(21)4-6-16/h3-6,14H,2,7-13H2,1H3,(H,22,23). The zero-order chi connectivity index (χ0) is 18.9. The van der Waals surface area contributed by atoms with E-state index in [0.717, 1.165) is 38.0 Å². The van der Waals surface area contributed by atoms with Gasteiger partial charge in [-0.15, -0.1) is 0 Å². The van der Waals surface area contributed by atoms with Gasteiger partial charge in [0, 0.05) is 31.7 Å². The van der Waals surface area contributed by atoms with E-state index in [1.165, 1.54) is 30.0 Å². The number of aromatic nitrogens is 2. The van der Waals surface area contributed by atoms with Crippen molar-refractivity contribution < 1.29 is 13.9 Å². The van der Waals surface area contributed by atoms with Crippen LogP contribution in [-0.4, -0.2) is 58.5 Å². The summed E-state index contributed by atoms with van der Waals surface area (Å²) in [6.07, 6.45) is 4.54. The van der Waals surface area contributed by atoms with Crippen molar-refractivity contribution in [2.24, 2.45) is 0 Å². The molecule has 1 amide bonds. The van der Waals surface area contributed by atoms with E-state index < -0.39 is 0 Å². The highest BCUT2D eigenvalue weighted by Crippen LogP contribution is 2.41. The summed E-state index contributed by atoms with van der Waals surface area (Å²) in [6, 6.07) is 5.73. The number of piperidine rings is 1. The summed E-state index contributed by atoms with van der Waals surface area (Å²) in [5, 5.41) is 0. The van der Waals surface area contributed by atoms with Crippen molar-refractivity contribution in [3.05, 3.63) is 47.8 Å². The van der Waals surface area contributed by atoms with Crippen molar-refractivity contribution in [1.82, 2.24) is 19.8 Å². The minimum absolute atomic E-state index is 0.0240. The Bertz CT molecular complexity index is 797. The molecule has 0 bridgehead atoms. The number of amides is 1. The molecule has 2 aliphatic rings. The van der Waals surface area contributed by atoms with E-state index in [9.17, 15) is 9.18 Å². The van der Waals surface area contributed by atoms with E-state index >= 15 is 0 Å². The molecule has 144 valence electrons. The highest BCUT2D eigenvalue weighted by Gasteiger charge is 2.46. The molecule has 2 aliphatic heterocycles. The van der Waals surface area contributed by atoms with Gasteiger partial charge in [-0.1, -0.05) is 6.92 Å². The first-order valence-electron chi connectivity index (χ1n) is 9.56. The first-order valence-corrected chi connectivity index (χ1v) is 9.56. The van der Waals surface area contributed by atoms with Crippen LogP contribution in [-0.2, 0) is 16.8 Å². The van der Waals surface area contributed by atoms with Crippen LogP contribution in [0.15, 0.2) is 30.6 Å². The van der Waals surface area contributed by atoms with E-state index in [2.05, 4.69) is 21.8 Å². The highest BCUT2D eigenvalue weighted by molar-refractivity contribution is 5.78. The van der Waals surface area contributed by atoms with E-state index in [1.807, 2.05) is 4.90 Å². The smallest absolute Gasteiger partial charge is 0.260 e. The Morgan fingerprint density at radius 1 is 1.26 bits per heavy atom. The number of carbonyl (C=O) groups is 1. The maximum absolute atomic E-state index is 13.0. The zero-order valence-corrected chi connectivity index (χ0v) is 15.6. The number of likely N-dealkylation sites (N-methyl/N-ethyl adjacent to an activating group) is 1. The van der Waals surface area contributed by atoms with Crippen LogP contribution in [0.3, 0.4) is 0 Å². The molecular formula is C20H25FN4O2. The molecule has 0 unspecified atom stereocenters. The molecule has 1 spiro atoms. The number of carbonyl (C=O) groups excluding carboxylic acids is 1. The third-order valence-corrected chi connectivity index (χ3v) is 5.90. The number of rotatable bonds is 4. The van der Waals surface area contributed by atoms with Gasteiger partial charge in [-0.3, -0.25) is 9.69 Å². The number of nitrogens with zero attached hydrogens (tertiary/aromatic N) is 3. The first-order chi connectivity index (χ1) is 13.1. The quantitative estimate of drug-likeness (QED) is 0.895. The van der Waals surface area contributed by atoms with Gasteiger partial charge >= 0.3 is 0 Å². The Labute approximate surface area is 158 Å². The molecule has 4 rings (SSSR count). The minimum Gasteiger partial charge on any atom is -0.484 e. The number of halogens is 1. The number of ether oxygens (including phenoxy) is 1. The Kier molecular flexibility index (Phi) is 4.86. The second-order valence-electron chi connectivity index (χ2n) is 7.21. The molecule has 0 aliphatic carbocycles. The topological polar surface area (TPSA) is 61.5 Å². The molecule has 7 heteroatoms. The Hall–Kier alpha value is -2.41. The van der Waals surface area contributed by atoms with Crippen LogP contribution < -0.4 is 4.74 Å². The lowest BCUT2D eigenvalue weighted by Gasteiger charge is -2.50. The van der Waals surface area contributed by atoms with Crippen molar-refractivity contribution in [2.45, 2.75) is 31.7 Å². The van der Waals surface area contributed by atoms with Crippen molar-refractivity contribution >= 4 is 5.91 Å². The van der Waals surface area contributed by atoms with Crippen LogP contribution in [0.1, 0.15) is 31.2 Å². The van der Waals surface area contributed by atoms with Crippen LogP contribution in [0.25, 0.3) is 0 Å². The zero-order valence-electron chi connectivity index (χ0n) is 15.6. The van der Waals surface area contributed by atoms with Gasteiger partial charge in [0.05, 0.1) is 17.6 Å². The van der Waals surface area contributed by atoms with Gasteiger partial charge in [0.15, 0.2) is 6.61 Å². The van der Waals surface area contributed by atoms with Crippen LogP contribution in [0.4, 0.5) is 4.39 Å². The molecule has 1 saturated heterocycles. The summed E-state index contributed by atoms with van der Waals surface area (Å²) in [4.78, 5) is 24.8. The number of fused-ring (bicyclic) bond motifs is 2. The predicted octanol–water partition coefficient (Wildman–Crippen LogP) is 2.32. The molecule has 27 heavy (non-hydrogen) atoms. The van der Waals surface area contributed by atoms with Crippen LogP contribution in [0.2, 0.25) is 0 Å². The number of likely N-dealkylation sites (tertiary alicyclic amines) is 1. The Morgan fingerprint density at radius 2 is 2.00 bits per heavy atom. The lowest BCUT2D eigenvalue weighted by molar-refractivity contribution is -0.136. The molecule has 2 aromatic rings. The molecule has 1 fully saturated rings. The molecule has 0 radical (unpaired) electrons. The van der Waals surface area contributed by atoms with Gasteiger partial charge in [-0.2, -0.15) is 0 Å². The van der Waals surface area contributed by atoms with Gasteiger partial charge < -0.3 is 14.6 Å². The first kappa shape index (κ1) is 18.0. The molecule has 1 aromatic heterocycles. The number of hydrogen-bond donors (Lipinski definition) is 1. The normalized spacial score (nSPS) is 19.1. The molecule has 0 atom stereocenters. The van der Waals surface area contributed by atoms with Crippen LogP contribution in [0.5, 0.6) is 5.75 Å². The van der Waals surface area contributed by atoms with Crippen molar-refractivity contribution in [2.75, 3.05) is 32.8 Å². The number of H-pyrrole nitrogens is 1. The van der Waals surface area contributed by atoms with Crippen LogP contribution in [0, 0.1) is 5.82 Å². The van der Waals surface area contributed by atoms with Gasteiger partial charge in [0.25, 0.3) is 5.91 Å². The fourth-order valence-electron chi connectivity index (χ4n) is 4.43. The van der Waals surface area contributed by atoms with Gasteiger partial charge in [-0.25, -0.2) is 9.37 Å². The van der Waals surface area contributed by atoms with E-state index in [0.29, 0.717) is 18.8 Å². The van der Waals surface area contributed by atoms with Crippen molar-refractivity contribution in [1.29, 1.82) is 0 Å². The fourth-order valence-corrected chi connectivity index (χ4v) is 4.43. The van der Waals surface area contributed by atoms with E-state index in [4.69, 9.17) is 4.74 Å². The molecule has 1 N–H and O–H groups in total. The molecule has 0 saturated carbocycles. The monoisotopic (exact) mass is 372 g/mol. The summed E-state index contributed by atoms with van der Waals surface area (Å²) >= 11 is 0. The maximum atomic E-state index is 13.0. The second kappa shape index (κ2) is 7.31. The number of aromatic amines is 1. The van der Waals surface area contributed by atoms with Crippen molar-refractivity contribution in [3.8, 4) is 5.75 Å². The second-order valence-corrected chi connectivity index (χ2v) is 7.21. The number of hydrogen-bond acceptors (Lipinski definition) is 4. The van der Waals surface area contributed by atoms with E-state index in [1.54, 1.807) is 6.33 Å². The summed E-state index contributed by atoms with van der Waals surface area (Å²) in [6.45, 7) is 5.54. The Balaban J connectivity index is 1.39. The third-order valence-electron chi connectivity index (χ3n) is 5.90. The van der Waals surface area contributed by atoms with Crippen molar-refractivity contribution in [3.63, 3.8) is 0 Å². The molecular weight excluding hydrogens is 347 g/mol. The Morgan fingerprint density at radius 3 is 2.70 bits per heavy atom. The van der Waals surface area contributed by atoms with Crippen LogP contribution >= 0.6 is 0 Å². The van der Waals surface area contributed by atoms with Gasteiger partial charge in [-0.05, 0) is 43.7 Å². The molecule has 6 nitrogen and oxygen atoms in total. The fraction of sp³-hybridized carbons (Fsp3) is 0.500. The lowest BCUT2D eigenvalue weighted by Crippen LogP contribution is -2.57. The predicted molar refractivity (Wildman–Crippen MR) is 98.9 cm³/mol. The maximum Gasteiger partial charge on any atom is 0.260 e. The largest absolute Gasteiger partial charge is 0.484 e. The molecule has 3 heterocycles. The molecule has 1 aromatic carbocycles. The third kappa shape index (κ3) is 3.32. The van der Waals surface area contributed by atoms with E-state index in [-0.39, 0.29) is 23.9 Å². The number of benzene rings is 1. The number of imidazole rings is 1. The average molecular weight is 372 g/mol. The highest BCUT2D eigenvalue weighted by atomic mass is 19.1. The van der Waals surface area contributed by atoms with Gasteiger partial charge in [0.1, 0.15) is 11.6 Å². The summed E-state index contributed by atoms with van der Waals surface area (Å²) in [5.74, 6) is 0.153. The van der Waals surface area contributed by atoms with Gasteiger partial charge in [0.2, 0.25) is 0 Å². The summed E-state index contributed by atoms with van der Waals surface area (Å²) in [5.41, 5.74) is 2.32. The minimum atomic E-state index is -0.319. The average Bonchev–Trinajstić information content (AvgIpc) is 3.18. The lowest BCUT2D eigenvalue weighted by atomic mass is 9.78. The number of nitrogens with one attached hydrogen (secondary N) is 1. The summed E-state index contributed by atoms with van der Waals surface area (Å²) in [7, 11) is 0. The summed E-state index contributed by atoms with van der Waals surface area (Å²) < 4.78 is 18.5. The SMILES string of the molecule is CCN1CCc2[nH]cnc2C12CCN(C(=O)COc1ccc(F)cc1)CC2.